The summed E-state index contributed by atoms with van der Waals surface area (Å²) in [5, 5.41) is 2.96. The van der Waals surface area contributed by atoms with Gasteiger partial charge in [0.1, 0.15) is 6.04 Å². The van der Waals surface area contributed by atoms with Crippen molar-refractivity contribution >= 4 is 27.5 Å². The number of nitrogens with zero attached hydrogens (tertiary/aromatic N) is 2. The molecule has 0 aliphatic heterocycles. The summed E-state index contributed by atoms with van der Waals surface area (Å²) in [7, 11) is -3.51. The van der Waals surface area contributed by atoms with Crippen LogP contribution < -0.4 is 9.62 Å². The number of hydrogen-bond donors (Lipinski definition) is 1. The number of carbonyl (C=O) groups is 2. The maximum Gasteiger partial charge on any atom is 0.242 e. The average Bonchev–Trinajstić information content (AvgIpc) is 2.81. The van der Waals surface area contributed by atoms with Crippen LogP contribution in [0.5, 0.6) is 0 Å². The van der Waals surface area contributed by atoms with E-state index in [-0.39, 0.29) is 24.8 Å². The Bertz CT molecular complexity index is 1100. The molecule has 36 heavy (non-hydrogen) atoms. The van der Waals surface area contributed by atoms with E-state index in [1.807, 2.05) is 71.0 Å². The summed E-state index contributed by atoms with van der Waals surface area (Å²) in [5.41, 5.74) is 3.68. The van der Waals surface area contributed by atoms with E-state index in [1.54, 1.807) is 17.0 Å². The highest BCUT2D eigenvalue weighted by Crippen LogP contribution is 2.20. The second kappa shape index (κ2) is 13.4. The molecule has 0 aliphatic carbocycles. The quantitative estimate of drug-likeness (QED) is 0.428. The maximum atomic E-state index is 13.4. The van der Waals surface area contributed by atoms with E-state index in [9.17, 15) is 18.0 Å². The van der Waals surface area contributed by atoms with Crippen LogP contribution in [0.2, 0.25) is 0 Å². The lowest BCUT2D eigenvalue weighted by molar-refractivity contribution is -0.141. The Morgan fingerprint density at radius 1 is 0.944 bits per heavy atom. The zero-order valence-electron chi connectivity index (χ0n) is 22.5. The van der Waals surface area contributed by atoms with Crippen LogP contribution in [0.15, 0.2) is 48.5 Å². The summed E-state index contributed by atoms with van der Waals surface area (Å²) >= 11 is 0. The number of rotatable bonds is 13. The molecular formula is C28H41N3O4S. The van der Waals surface area contributed by atoms with Crippen LogP contribution in [0, 0.1) is 19.8 Å². The van der Waals surface area contributed by atoms with Crippen molar-refractivity contribution in [3.8, 4) is 0 Å². The maximum absolute atomic E-state index is 13.4. The molecule has 0 aromatic heterocycles. The molecule has 0 bridgehead atoms. The van der Waals surface area contributed by atoms with E-state index in [0.29, 0.717) is 37.5 Å². The highest BCUT2D eigenvalue weighted by Gasteiger charge is 2.29. The molecule has 1 atom stereocenters. The van der Waals surface area contributed by atoms with Crippen LogP contribution in [0.4, 0.5) is 5.69 Å². The highest BCUT2D eigenvalue weighted by molar-refractivity contribution is 7.92. The predicted octanol–water partition coefficient (Wildman–Crippen LogP) is 4.43. The Morgan fingerprint density at radius 2 is 1.50 bits per heavy atom. The number of hydrogen-bond acceptors (Lipinski definition) is 4. The first kappa shape index (κ1) is 29.4. The zero-order valence-corrected chi connectivity index (χ0v) is 23.3. The Kier molecular flexibility index (Phi) is 11.0. The second-order valence-corrected chi connectivity index (χ2v) is 11.8. The van der Waals surface area contributed by atoms with Crippen LogP contribution in [-0.4, -0.2) is 50.5 Å². The Hall–Kier alpha value is -2.87. The van der Waals surface area contributed by atoms with Gasteiger partial charge in [-0.05, 0) is 50.3 Å². The predicted molar refractivity (Wildman–Crippen MR) is 146 cm³/mol. The standard InChI is InChI=1S/C28H41N3O4S/c1-7-26(28(33)29-19-21(2)3)30(20-24-14-10-22(4)11-15-24)27(32)9-8-18-31(36(6,34)35)25-16-12-23(5)13-17-25/h10-17,21,26H,7-9,18-20H2,1-6H3,(H,29,33). The summed E-state index contributed by atoms with van der Waals surface area (Å²) in [6.07, 6.45) is 2.14. The molecule has 1 unspecified atom stereocenters. The summed E-state index contributed by atoms with van der Waals surface area (Å²) in [6, 6.07) is 14.6. The van der Waals surface area contributed by atoms with Gasteiger partial charge in [0, 0.05) is 26.1 Å². The third kappa shape index (κ3) is 8.97. The minimum Gasteiger partial charge on any atom is -0.354 e. The van der Waals surface area contributed by atoms with E-state index in [2.05, 4.69) is 5.32 Å². The molecule has 8 heteroatoms. The van der Waals surface area contributed by atoms with Crippen LogP contribution in [-0.2, 0) is 26.2 Å². The minimum atomic E-state index is -3.51. The molecule has 2 aromatic carbocycles. The largest absolute Gasteiger partial charge is 0.354 e. The SMILES string of the molecule is CCC(C(=O)NCC(C)C)N(Cc1ccc(C)cc1)C(=O)CCCN(c1ccc(C)cc1)S(C)(=O)=O. The minimum absolute atomic E-state index is 0.137. The molecule has 7 nitrogen and oxygen atoms in total. The lowest BCUT2D eigenvalue weighted by atomic mass is 10.1. The number of amides is 2. The van der Waals surface area contributed by atoms with Gasteiger partial charge in [-0.25, -0.2) is 8.42 Å². The van der Waals surface area contributed by atoms with Crippen molar-refractivity contribution in [3.63, 3.8) is 0 Å². The van der Waals surface area contributed by atoms with Crippen LogP contribution in [0.3, 0.4) is 0 Å². The van der Waals surface area contributed by atoms with Gasteiger partial charge in [0.05, 0.1) is 11.9 Å². The van der Waals surface area contributed by atoms with Gasteiger partial charge in [-0.3, -0.25) is 13.9 Å². The smallest absolute Gasteiger partial charge is 0.242 e. The fourth-order valence-electron chi connectivity index (χ4n) is 3.95. The molecule has 0 heterocycles. The number of aryl methyl sites for hydroxylation is 2. The van der Waals surface area contributed by atoms with Crippen molar-refractivity contribution in [2.45, 2.75) is 66.5 Å². The number of benzene rings is 2. The van der Waals surface area contributed by atoms with Gasteiger partial charge in [-0.1, -0.05) is 68.3 Å². The molecule has 0 saturated heterocycles. The average molecular weight is 516 g/mol. The van der Waals surface area contributed by atoms with Crippen molar-refractivity contribution in [2.75, 3.05) is 23.7 Å². The summed E-state index contributed by atoms with van der Waals surface area (Å²) in [6.45, 7) is 10.9. The monoisotopic (exact) mass is 515 g/mol. The van der Waals surface area contributed by atoms with E-state index < -0.39 is 16.1 Å². The molecule has 2 rings (SSSR count). The third-order valence-electron chi connectivity index (χ3n) is 6.02. The van der Waals surface area contributed by atoms with Crippen LogP contribution in [0.1, 0.15) is 56.7 Å². The summed E-state index contributed by atoms with van der Waals surface area (Å²) in [5.74, 6) is -0.0278. The van der Waals surface area contributed by atoms with Crippen molar-refractivity contribution in [1.29, 1.82) is 0 Å². The molecule has 2 aromatic rings. The molecule has 0 aliphatic rings. The number of carbonyl (C=O) groups excluding carboxylic acids is 2. The molecular weight excluding hydrogens is 474 g/mol. The molecule has 0 fully saturated rings. The second-order valence-electron chi connectivity index (χ2n) is 9.84. The molecule has 198 valence electrons. The number of sulfonamides is 1. The van der Waals surface area contributed by atoms with Gasteiger partial charge in [0.15, 0.2) is 0 Å². The van der Waals surface area contributed by atoms with E-state index in [4.69, 9.17) is 0 Å². The van der Waals surface area contributed by atoms with Crippen molar-refractivity contribution < 1.29 is 18.0 Å². The van der Waals surface area contributed by atoms with E-state index in [0.717, 1.165) is 16.7 Å². The fourth-order valence-corrected chi connectivity index (χ4v) is 4.91. The Labute approximate surface area is 216 Å². The third-order valence-corrected chi connectivity index (χ3v) is 7.21. The molecule has 1 N–H and O–H groups in total. The van der Waals surface area contributed by atoms with Gasteiger partial charge < -0.3 is 10.2 Å². The number of anilines is 1. The molecule has 0 saturated carbocycles. The van der Waals surface area contributed by atoms with Crippen molar-refractivity contribution in [2.24, 2.45) is 5.92 Å². The number of nitrogens with one attached hydrogen (secondary N) is 1. The van der Waals surface area contributed by atoms with Crippen molar-refractivity contribution in [1.82, 2.24) is 10.2 Å². The molecule has 2 amide bonds. The van der Waals surface area contributed by atoms with Crippen LogP contribution in [0.25, 0.3) is 0 Å². The topological polar surface area (TPSA) is 86.8 Å². The lowest BCUT2D eigenvalue weighted by Gasteiger charge is -2.31. The first-order valence-corrected chi connectivity index (χ1v) is 14.4. The van der Waals surface area contributed by atoms with Gasteiger partial charge in [-0.2, -0.15) is 0 Å². The van der Waals surface area contributed by atoms with E-state index in [1.165, 1.54) is 10.6 Å². The fraction of sp³-hybridized carbons (Fsp3) is 0.500. The first-order valence-electron chi connectivity index (χ1n) is 12.6. The van der Waals surface area contributed by atoms with Crippen LogP contribution >= 0.6 is 0 Å². The van der Waals surface area contributed by atoms with Gasteiger partial charge >= 0.3 is 0 Å². The highest BCUT2D eigenvalue weighted by atomic mass is 32.2. The first-order chi connectivity index (χ1) is 16.9. The Morgan fingerprint density at radius 3 is 2.00 bits per heavy atom. The molecule has 0 spiro atoms. The van der Waals surface area contributed by atoms with E-state index >= 15 is 0 Å². The summed E-state index contributed by atoms with van der Waals surface area (Å²) in [4.78, 5) is 28.1. The lowest BCUT2D eigenvalue weighted by Crippen LogP contribution is -2.49. The van der Waals surface area contributed by atoms with Gasteiger partial charge in [-0.15, -0.1) is 0 Å². The zero-order chi connectivity index (χ0) is 26.9. The normalized spacial score (nSPS) is 12.3. The molecule has 0 radical (unpaired) electrons. The van der Waals surface area contributed by atoms with Crippen molar-refractivity contribution in [3.05, 3.63) is 65.2 Å². The van der Waals surface area contributed by atoms with Gasteiger partial charge in [0.25, 0.3) is 0 Å². The van der Waals surface area contributed by atoms with Gasteiger partial charge in [0.2, 0.25) is 21.8 Å². The Balaban J connectivity index is 2.19. The summed E-state index contributed by atoms with van der Waals surface area (Å²) < 4.78 is 26.2.